The smallest absolute Gasteiger partial charge is 0.251 e. The Hall–Kier alpha value is -1.50. The molecule has 1 saturated carbocycles. The van der Waals surface area contributed by atoms with Crippen LogP contribution in [0, 0.1) is 11.7 Å². The van der Waals surface area contributed by atoms with Crippen LogP contribution in [0.5, 0.6) is 5.06 Å². The third kappa shape index (κ3) is 4.27. The Morgan fingerprint density at radius 2 is 1.97 bits per heavy atom. The predicted octanol–water partition coefficient (Wildman–Crippen LogP) is 6.35. The van der Waals surface area contributed by atoms with Crippen LogP contribution in [0.1, 0.15) is 55.7 Å². The van der Waals surface area contributed by atoms with Gasteiger partial charge in [-0.2, -0.15) is 0 Å². The highest BCUT2D eigenvalue weighted by Crippen LogP contribution is 2.43. The van der Waals surface area contributed by atoms with Crippen LogP contribution < -0.4 is 4.43 Å². The van der Waals surface area contributed by atoms with Gasteiger partial charge in [-0.15, -0.1) is 11.3 Å². The molecule has 0 amide bonds. The number of fused-ring (bicyclic) bond motifs is 1. The molecule has 2 aromatic rings. The average Bonchev–Trinajstić information content (AvgIpc) is 3.43. The van der Waals surface area contributed by atoms with Crippen LogP contribution in [-0.2, 0) is 17.8 Å². The summed E-state index contributed by atoms with van der Waals surface area (Å²) in [6.07, 6.45) is 2.75. The van der Waals surface area contributed by atoms with Crippen molar-refractivity contribution in [3.63, 3.8) is 0 Å². The number of carbonyl (C=O) groups excluding carboxylic acids is 1. The number of halogens is 1. The van der Waals surface area contributed by atoms with Crippen LogP contribution in [0.4, 0.5) is 4.39 Å². The maximum absolute atomic E-state index is 14.6. The first-order valence-electron chi connectivity index (χ1n) is 10.9. The molecule has 2 aliphatic rings. The molecule has 0 radical (unpaired) electrons. The van der Waals surface area contributed by atoms with Crippen LogP contribution in [0.15, 0.2) is 30.3 Å². The minimum absolute atomic E-state index is 0.0935. The summed E-state index contributed by atoms with van der Waals surface area (Å²) in [5.41, 5.74) is 1.75. The topological polar surface area (TPSA) is 29.5 Å². The van der Waals surface area contributed by atoms with Crippen molar-refractivity contribution < 1.29 is 13.6 Å². The van der Waals surface area contributed by atoms with Gasteiger partial charge in [0.1, 0.15) is 5.82 Å². The van der Waals surface area contributed by atoms with Crippen molar-refractivity contribution in [2.45, 2.75) is 70.8 Å². The summed E-state index contributed by atoms with van der Waals surface area (Å²) >= 11 is 1.74. The van der Waals surface area contributed by atoms with Gasteiger partial charge in [-0.1, -0.05) is 39.0 Å². The highest BCUT2D eigenvalue weighted by molar-refractivity contribution is 7.14. The van der Waals surface area contributed by atoms with E-state index in [0.29, 0.717) is 12.1 Å². The Morgan fingerprint density at radius 3 is 2.60 bits per heavy atom. The molecule has 1 aromatic heterocycles. The standard InChI is InChI=1S/C24H32FNO2SSi/c1-24(2,3)30(4,5)28-21-14-17-15-26(13-12-20(17)29-21)22(23(27)16-10-11-16)18-8-6-7-9-19(18)25/h6-9,14,16,22H,10-13,15H2,1-5H3. The number of nitrogens with zero attached hydrogens (tertiary/aromatic N) is 1. The van der Waals surface area contributed by atoms with Gasteiger partial charge in [0.25, 0.3) is 8.32 Å². The van der Waals surface area contributed by atoms with Gasteiger partial charge in [0.2, 0.25) is 0 Å². The zero-order valence-corrected chi connectivity index (χ0v) is 20.4. The summed E-state index contributed by atoms with van der Waals surface area (Å²) in [4.78, 5) is 16.7. The van der Waals surface area contributed by atoms with E-state index in [4.69, 9.17) is 4.43 Å². The van der Waals surface area contributed by atoms with E-state index in [2.05, 4.69) is 44.8 Å². The normalized spacial score (nSPS) is 18.7. The number of thiophene rings is 1. The molecule has 1 unspecified atom stereocenters. The molecule has 0 N–H and O–H groups in total. The Labute approximate surface area is 184 Å². The van der Waals surface area contributed by atoms with Crippen molar-refractivity contribution >= 4 is 25.4 Å². The monoisotopic (exact) mass is 445 g/mol. The highest BCUT2D eigenvalue weighted by Gasteiger charge is 2.42. The average molecular weight is 446 g/mol. The zero-order chi connectivity index (χ0) is 21.7. The lowest BCUT2D eigenvalue weighted by atomic mass is 9.95. The van der Waals surface area contributed by atoms with Gasteiger partial charge >= 0.3 is 0 Å². The summed E-state index contributed by atoms with van der Waals surface area (Å²) < 4.78 is 21.2. The Bertz CT molecular complexity index is 945. The molecule has 162 valence electrons. The molecule has 0 spiro atoms. The largest absolute Gasteiger partial charge is 0.537 e. The van der Waals surface area contributed by atoms with E-state index >= 15 is 0 Å². The second-order valence-electron chi connectivity index (χ2n) is 10.2. The molecule has 1 aromatic carbocycles. The second kappa shape index (κ2) is 7.88. The van der Waals surface area contributed by atoms with Gasteiger partial charge in [-0.3, -0.25) is 9.69 Å². The van der Waals surface area contributed by atoms with E-state index in [9.17, 15) is 9.18 Å². The van der Waals surface area contributed by atoms with Crippen molar-refractivity contribution in [3.8, 4) is 5.06 Å². The molecule has 30 heavy (non-hydrogen) atoms. The maximum Gasteiger partial charge on any atom is 0.251 e. The van der Waals surface area contributed by atoms with Crippen molar-refractivity contribution in [2.75, 3.05) is 6.54 Å². The fourth-order valence-electron chi connectivity index (χ4n) is 3.82. The van der Waals surface area contributed by atoms with E-state index in [0.717, 1.165) is 30.9 Å². The predicted molar refractivity (Wildman–Crippen MR) is 123 cm³/mol. The molecular formula is C24H32FNO2SSi. The van der Waals surface area contributed by atoms with Gasteiger partial charge in [-0.05, 0) is 55.1 Å². The Balaban J connectivity index is 1.58. The van der Waals surface area contributed by atoms with E-state index in [-0.39, 0.29) is 22.6 Å². The summed E-state index contributed by atoms with van der Waals surface area (Å²) in [7, 11) is -1.89. The van der Waals surface area contributed by atoms with Gasteiger partial charge in [-0.25, -0.2) is 4.39 Å². The third-order valence-electron chi connectivity index (χ3n) is 6.85. The summed E-state index contributed by atoms with van der Waals surface area (Å²) in [6.45, 7) is 12.7. The first-order valence-corrected chi connectivity index (χ1v) is 14.6. The van der Waals surface area contributed by atoms with Crippen molar-refractivity contribution in [1.29, 1.82) is 0 Å². The fourth-order valence-corrected chi connectivity index (χ4v) is 6.37. The minimum Gasteiger partial charge on any atom is -0.537 e. The van der Waals surface area contributed by atoms with Crippen molar-refractivity contribution in [2.24, 2.45) is 5.92 Å². The highest BCUT2D eigenvalue weighted by atomic mass is 32.1. The molecule has 1 atom stereocenters. The lowest BCUT2D eigenvalue weighted by molar-refractivity contribution is -0.126. The van der Waals surface area contributed by atoms with E-state index in [1.54, 1.807) is 23.5 Å². The summed E-state index contributed by atoms with van der Waals surface area (Å²) in [6, 6.07) is 8.43. The lowest BCUT2D eigenvalue weighted by Gasteiger charge is -2.35. The fraction of sp³-hybridized carbons (Fsp3) is 0.542. The number of carbonyl (C=O) groups is 1. The number of Topliss-reactive ketones (excluding diaryl/α,β-unsaturated/α-hetero) is 1. The van der Waals surface area contributed by atoms with Crippen LogP contribution in [0.3, 0.4) is 0 Å². The van der Waals surface area contributed by atoms with Crippen LogP contribution in [0.25, 0.3) is 0 Å². The molecule has 0 saturated heterocycles. The number of hydrogen-bond acceptors (Lipinski definition) is 4. The van der Waals surface area contributed by atoms with Crippen LogP contribution in [-0.4, -0.2) is 25.5 Å². The second-order valence-corrected chi connectivity index (χ2v) is 16.0. The first-order chi connectivity index (χ1) is 14.1. The molecule has 3 nitrogen and oxygen atoms in total. The molecule has 4 rings (SSSR count). The van der Waals surface area contributed by atoms with Gasteiger partial charge in [0.05, 0.1) is 6.04 Å². The SMILES string of the molecule is CC(C)(C)[Si](C)(C)Oc1cc2c(s1)CCN(C(C(=O)C1CC1)c1ccccc1F)C2. The quantitative estimate of drug-likeness (QED) is 0.485. The number of ketones is 1. The summed E-state index contributed by atoms with van der Waals surface area (Å²) in [5, 5.41) is 1.14. The zero-order valence-electron chi connectivity index (χ0n) is 18.6. The molecule has 1 fully saturated rings. The summed E-state index contributed by atoms with van der Waals surface area (Å²) in [5.74, 6) is -0.0120. The number of benzene rings is 1. The van der Waals surface area contributed by atoms with Gasteiger partial charge < -0.3 is 4.43 Å². The molecule has 0 bridgehead atoms. The Kier molecular flexibility index (Phi) is 5.70. The van der Waals surface area contributed by atoms with E-state index in [1.807, 2.05) is 6.07 Å². The molecule has 1 aliphatic heterocycles. The Morgan fingerprint density at radius 1 is 1.27 bits per heavy atom. The molecule has 2 heterocycles. The number of rotatable bonds is 6. The molecule has 1 aliphatic carbocycles. The lowest BCUT2D eigenvalue weighted by Crippen LogP contribution is -2.43. The van der Waals surface area contributed by atoms with Crippen molar-refractivity contribution in [1.82, 2.24) is 4.90 Å². The van der Waals surface area contributed by atoms with Crippen LogP contribution in [0.2, 0.25) is 18.1 Å². The maximum atomic E-state index is 14.6. The number of hydrogen-bond donors (Lipinski definition) is 0. The van der Waals surface area contributed by atoms with Crippen molar-refractivity contribution in [3.05, 3.63) is 52.2 Å². The first kappa shape index (κ1) is 21.7. The molecule has 6 heteroatoms. The third-order valence-corrected chi connectivity index (χ3v) is 12.5. The van der Waals surface area contributed by atoms with Gasteiger partial charge in [0, 0.05) is 29.4 Å². The van der Waals surface area contributed by atoms with E-state index in [1.165, 1.54) is 16.5 Å². The minimum atomic E-state index is -1.89. The van der Waals surface area contributed by atoms with Crippen LogP contribution >= 0.6 is 11.3 Å². The van der Waals surface area contributed by atoms with E-state index < -0.39 is 14.4 Å². The molecular weight excluding hydrogens is 413 g/mol. The van der Waals surface area contributed by atoms with Gasteiger partial charge in [0.15, 0.2) is 10.8 Å².